The molecule has 2 aromatic rings. The quantitative estimate of drug-likeness (QED) is 0.793. The minimum Gasteiger partial charge on any atom is -0.326 e. The first-order chi connectivity index (χ1) is 10.8. The number of benzene rings is 2. The normalized spacial score (nSPS) is 10.3. The Balaban J connectivity index is 1.95. The van der Waals surface area contributed by atoms with Crippen LogP contribution >= 0.6 is 23.2 Å². The fraction of sp³-hybridized carbons (Fsp3) is 0.176. The molecule has 2 amide bonds. The lowest BCUT2D eigenvalue weighted by Crippen LogP contribution is -2.21. The minimum atomic E-state index is -0.448. The maximum atomic E-state index is 11.9. The lowest BCUT2D eigenvalue weighted by Gasteiger charge is -2.09. The van der Waals surface area contributed by atoms with E-state index in [0.717, 1.165) is 11.1 Å². The van der Waals surface area contributed by atoms with Crippen LogP contribution in [0, 0.1) is 13.8 Å². The van der Waals surface area contributed by atoms with Gasteiger partial charge in [0.2, 0.25) is 11.8 Å². The molecule has 0 spiro atoms. The van der Waals surface area contributed by atoms with E-state index in [1.807, 2.05) is 32.0 Å². The summed E-state index contributed by atoms with van der Waals surface area (Å²) in [6, 6.07) is 10.4. The van der Waals surface area contributed by atoms with Gasteiger partial charge in [-0.2, -0.15) is 0 Å². The summed E-state index contributed by atoms with van der Waals surface area (Å²) in [7, 11) is 0. The molecule has 4 nitrogen and oxygen atoms in total. The SMILES string of the molecule is Cc1cc(C)cc(NC(=O)CC(=O)Nc2ccc(Cl)cc2Cl)c1. The van der Waals surface area contributed by atoms with E-state index in [-0.39, 0.29) is 6.42 Å². The predicted octanol–water partition coefficient (Wildman–Crippen LogP) is 4.58. The number of amides is 2. The molecule has 0 saturated heterocycles. The van der Waals surface area contributed by atoms with Gasteiger partial charge in [-0.25, -0.2) is 0 Å². The van der Waals surface area contributed by atoms with Crippen LogP contribution in [-0.4, -0.2) is 11.8 Å². The number of carbonyl (C=O) groups is 2. The summed E-state index contributed by atoms with van der Waals surface area (Å²) in [5.41, 5.74) is 3.17. The number of nitrogens with one attached hydrogen (secondary N) is 2. The Morgan fingerprint density at radius 3 is 2.13 bits per heavy atom. The molecule has 0 saturated carbocycles. The molecule has 120 valence electrons. The zero-order chi connectivity index (χ0) is 17.0. The third-order valence-corrected chi connectivity index (χ3v) is 3.58. The molecule has 0 heterocycles. The van der Waals surface area contributed by atoms with E-state index in [1.54, 1.807) is 12.1 Å². The van der Waals surface area contributed by atoms with E-state index in [2.05, 4.69) is 10.6 Å². The Labute approximate surface area is 144 Å². The lowest BCUT2D eigenvalue weighted by molar-refractivity contribution is -0.123. The molecular formula is C17H16Cl2N2O2. The average molecular weight is 351 g/mol. The van der Waals surface area contributed by atoms with Gasteiger partial charge in [-0.05, 0) is 55.3 Å². The van der Waals surface area contributed by atoms with Crippen molar-refractivity contribution in [3.05, 3.63) is 57.6 Å². The molecule has 2 N–H and O–H groups in total. The van der Waals surface area contributed by atoms with Gasteiger partial charge in [0.1, 0.15) is 6.42 Å². The number of anilines is 2. The Morgan fingerprint density at radius 1 is 0.913 bits per heavy atom. The first kappa shape index (κ1) is 17.3. The topological polar surface area (TPSA) is 58.2 Å². The maximum Gasteiger partial charge on any atom is 0.233 e. The monoisotopic (exact) mass is 350 g/mol. The van der Waals surface area contributed by atoms with Gasteiger partial charge >= 0.3 is 0 Å². The average Bonchev–Trinajstić information content (AvgIpc) is 2.40. The molecule has 2 rings (SSSR count). The molecule has 0 fully saturated rings. The Morgan fingerprint density at radius 2 is 1.52 bits per heavy atom. The molecule has 23 heavy (non-hydrogen) atoms. The van der Waals surface area contributed by atoms with Gasteiger partial charge in [0.05, 0.1) is 10.7 Å². The number of halogens is 2. The van der Waals surface area contributed by atoms with Crippen molar-refractivity contribution < 1.29 is 9.59 Å². The summed E-state index contributed by atoms with van der Waals surface area (Å²) in [5.74, 6) is -0.839. The van der Waals surface area contributed by atoms with E-state index < -0.39 is 11.8 Å². The highest BCUT2D eigenvalue weighted by molar-refractivity contribution is 6.36. The fourth-order valence-electron chi connectivity index (χ4n) is 2.18. The third-order valence-electron chi connectivity index (χ3n) is 3.03. The summed E-state index contributed by atoms with van der Waals surface area (Å²) < 4.78 is 0. The van der Waals surface area contributed by atoms with Gasteiger partial charge in [-0.15, -0.1) is 0 Å². The van der Waals surface area contributed by atoms with Gasteiger partial charge in [0.25, 0.3) is 0 Å². The van der Waals surface area contributed by atoms with Crippen LogP contribution in [0.4, 0.5) is 11.4 Å². The van der Waals surface area contributed by atoms with Gasteiger partial charge in [-0.1, -0.05) is 29.3 Å². The zero-order valence-electron chi connectivity index (χ0n) is 12.7. The number of carbonyl (C=O) groups excluding carboxylic acids is 2. The standard InChI is InChI=1S/C17H16Cl2N2O2/c1-10-5-11(2)7-13(6-10)20-16(22)9-17(23)21-15-4-3-12(18)8-14(15)19/h3-8H,9H2,1-2H3,(H,20,22)(H,21,23). The van der Waals surface area contributed by atoms with Crippen LogP contribution in [0.25, 0.3) is 0 Å². The summed E-state index contributed by atoms with van der Waals surface area (Å²) in [5, 5.41) is 6.09. The number of aryl methyl sites for hydroxylation is 2. The highest BCUT2D eigenvalue weighted by Gasteiger charge is 2.12. The van der Waals surface area contributed by atoms with Gasteiger partial charge in [-0.3, -0.25) is 9.59 Å². The van der Waals surface area contributed by atoms with Gasteiger partial charge in [0, 0.05) is 10.7 Å². The van der Waals surface area contributed by atoms with E-state index in [1.165, 1.54) is 6.07 Å². The second-order valence-electron chi connectivity index (χ2n) is 5.27. The summed E-state index contributed by atoms with van der Waals surface area (Å²) in [6.07, 6.45) is -0.300. The number of hydrogen-bond acceptors (Lipinski definition) is 2. The molecule has 0 aliphatic rings. The predicted molar refractivity (Wildman–Crippen MR) is 94.3 cm³/mol. The lowest BCUT2D eigenvalue weighted by atomic mass is 10.1. The molecule has 0 bridgehead atoms. The molecule has 0 atom stereocenters. The fourth-order valence-corrected chi connectivity index (χ4v) is 2.64. The van der Waals surface area contributed by atoms with Crippen LogP contribution in [0.1, 0.15) is 17.5 Å². The van der Waals surface area contributed by atoms with Crippen LogP contribution in [-0.2, 0) is 9.59 Å². The molecule has 0 aromatic heterocycles. The van der Waals surface area contributed by atoms with E-state index in [0.29, 0.717) is 21.4 Å². The third kappa shape index (κ3) is 5.27. The smallest absolute Gasteiger partial charge is 0.233 e. The van der Waals surface area contributed by atoms with Crippen molar-refractivity contribution >= 4 is 46.4 Å². The summed E-state index contributed by atoms with van der Waals surface area (Å²) >= 11 is 11.8. The summed E-state index contributed by atoms with van der Waals surface area (Å²) in [6.45, 7) is 3.88. The van der Waals surface area contributed by atoms with Gasteiger partial charge in [0.15, 0.2) is 0 Å². The van der Waals surface area contributed by atoms with Gasteiger partial charge < -0.3 is 10.6 Å². The van der Waals surface area contributed by atoms with E-state index >= 15 is 0 Å². The summed E-state index contributed by atoms with van der Waals surface area (Å²) in [4.78, 5) is 23.9. The van der Waals surface area contributed by atoms with Crippen molar-refractivity contribution in [3.8, 4) is 0 Å². The number of hydrogen-bond donors (Lipinski definition) is 2. The molecule has 0 aliphatic carbocycles. The van der Waals surface area contributed by atoms with Crippen molar-refractivity contribution in [2.24, 2.45) is 0 Å². The van der Waals surface area contributed by atoms with Crippen LogP contribution in [0.5, 0.6) is 0 Å². The highest BCUT2D eigenvalue weighted by atomic mass is 35.5. The van der Waals surface area contributed by atoms with Crippen LogP contribution in [0.3, 0.4) is 0 Å². The first-order valence-corrected chi connectivity index (χ1v) is 7.72. The molecule has 0 aliphatic heterocycles. The Bertz CT molecular complexity index is 740. The first-order valence-electron chi connectivity index (χ1n) is 6.96. The van der Waals surface area contributed by atoms with Crippen molar-refractivity contribution in [3.63, 3.8) is 0 Å². The Kier molecular flexibility index (Phi) is 5.64. The van der Waals surface area contributed by atoms with Crippen LogP contribution < -0.4 is 10.6 Å². The van der Waals surface area contributed by atoms with Crippen LogP contribution in [0.2, 0.25) is 10.0 Å². The molecule has 2 aromatic carbocycles. The minimum absolute atomic E-state index is 0.300. The molecular weight excluding hydrogens is 335 g/mol. The Hall–Kier alpha value is -2.04. The molecule has 0 radical (unpaired) electrons. The van der Waals surface area contributed by atoms with E-state index in [9.17, 15) is 9.59 Å². The van der Waals surface area contributed by atoms with Crippen molar-refractivity contribution in [1.82, 2.24) is 0 Å². The second kappa shape index (κ2) is 7.49. The van der Waals surface area contributed by atoms with Crippen molar-refractivity contribution in [2.45, 2.75) is 20.3 Å². The number of rotatable bonds is 4. The van der Waals surface area contributed by atoms with Crippen molar-refractivity contribution in [2.75, 3.05) is 10.6 Å². The van der Waals surface area contributed by atoms with Crippen LogP contribution in [0.15, 0.2) is 36.4 Å². The maximum absolute atomic E-state index is 11.9. The van der Waals surface area contributed by atoms with Crippen molar-refractivity contribution in [1.29, 1.82) is 0 Å². The van der Waals surface area contributed by atoms with E-state index in [4.69, 9.17) is 23.2 Å². The molecule has 0 unspecified atom stereocenters. The second-order valence-corrected chi connectivity index (χ2v) is 6.12. The highest BCUT2D eigenvalue weighted by Crippen LogP contribution is 2.25. The zero-order valence-corrected chi connectivity index (χ0v) is 14.3. The molecule has 6 heteroatoms. The largest absolute Gasteiger partial charge is 0.326 e.